The molecule has 6 nitrogen and oxygen atoms in total. The van der Waals surface area contributed by atoms with Gasteiger partial charge in [0.05, 0.1) is 16.6 Å². The van der Waals surface area contributed by atoms with Crippen molar-refractivity contribution in [1.29, 1.82) is 0 Å². The van der Waals surface area contributed by atoms with Gasteiger partial charge in [0.25, 0.3) is 11.8 Å². The van der Waals surface area contributed by atoms with E-state index in [0.29, 0.717) is 16.1 Å². The van der Waals surface area contributed by atoms with Crippen LogP contribution in [0.4, 0.5) is 5.69 Å². The van der Waals surface area contributed by atoms with E-state index in [4.69, 9.17) is 0 Å². The Bertz CT molecular complexity index is 959. The Balaban J connectivity index is 1.66. The lowest BCUT2D eigenvalue weighted by molar-refractivity contribution is 0.0939. The summed E-state index contributed by atoms with van der Waals surface area (Å²) in [5, 5.41) is 12.1. The number of thiophene rings is 1. The number of nitrogens with one attached hydrogen (secondary N) is 2. The summed E-state index contributed by atoms with van der Waals surface area (Å²) in [6.45, 7) is 5.88. The van der Waals surface area contributed by atoms with Crippen molar-refractivity contribution in [3.8, 4) is 0 Å². The molecule has 0 saturated heterocycles. The van der Waals surface area contributed by atoms with Crippen LogP contribution < -0.4 is 10.6 Å². The SMILES string of the molecule is Cc1nn(C)c(C)c1C(C)NC(=O)c1ccc(NC(=O)c2cccs2)cc1. The third-order valence-corrected chi connectivity index (χ3v) is 5.36. The van der Waals surface area contributed by atoms with Crippen LogP contribution in [0.1, 0.15) is 49.9 Å². The molecule has 27 heavy (non-hydrogen) atoms. The fourth-order valence-electron chi connectivity index (χ4n) is 3.07. The second-order valence-corrected chi connectivity index (χ2v) is 7.36. The minimum absolute atomic E-state index is 0.149. The number of carbonyl (C=O) groups is 2. The van der Waals surface area contributed by atoms with E-state index >= 15 is 0 Å². The molecule has 140 valence electrons. The second kappa shape index (κ2) is 7.75. The maximum Gasteiger partial charge on any atom is 0.265 e. The third kappa shape index (κ3) is 4.09. The number of benzene rings is 1. The molecule has 2 aromatic heterocycles. The molecule has 0 aliphatic rings. The molecule has 0 bridgehead atoms. The van der Waals surface area contributed by atoms with E-state index in [0.717, 1.165) is 17.0 Å². The molecule has 3 rings (SSSR count). The molecule has 0 spiro atoms. The fourth-order valence-corrected chi connectivity index (χ4v) is 3.69. The van der Waals surface area contributed by atoms with E-state index in [2.05, 4.69) is 15.7 Å². The van der Waals surface area contributed by atoms with Crippen LogP contribution in [0.5, 0.6) is 0 Å². The normalized spacial score (nSPS) is 11.9. The topological polar surface area (TPSA) is 76.0 Å². The van der Waals surface area contributed by atoms with Crippen molar-refractivity contribution in [2.24, 2.45) is 7.05 Å². The number of aryl methyl sites for hydroxylation is 2. The maximum atomic E-state index is 12.6. The van der Waals surface area contributed by atoms with E-state index in [-0.39, 0.29) is 17.9 Å². The van der Waals surface area contributed by atoms with Gasteiger partial charge in [0.15, 0.2) is 0 Å². The lowest BCUT2D eigenvalue weighted by Crippen LogP contribution is -2.27. The number of nitrogens with zero attached hydrogens (tertiary/aromatic N) is 2. The maximum absolute atomic E-state index is 12.6. The monoisotopic (exact) mass is 382 g/mol. The molecule has 0 fully saturated rings. The molecule has 1 aromatic carbocycles. The summed E-state index contributed by atoms with van der Waals surface area (Å²) < 4.78 is 1.82. The van der Waals surface area contributed by atoms with Gasteiger partial charge in [-0.1, -0.05) is 6.07 Å². The lowest BCUT2D eigenvalue weighted by atomic mass is 10.1. The number of rotatable bonds is 5. The quantitative estimate of drug-likeness (QED) is 0.704. The Hall–Kier alpha value is -2.93. The van der Waals surface area contributed by atoms with Gasteiger partial charge >= 0.3 is 0 Å². The molecule has 1 unspecified atom stereocenters. The predicted molar refractivity (Wildman–Crippen MR) is 107 cm³/mol. The highest BCUT2D eigenvalue weighted by Gasteiger charge is 2.18. The Morgan fingerprint density at radius 2 is 1.81 bits per heavy atom. The zero-order chi connectivity index (χ0) is 19.6. The van der Waals surface area contributed by atoms with Crippen LogP contribution in [-0.2, 0) is 7.05 Å². The Labute approximate surface area is 162 Å². The average molecular weight is 382 g/mol. The molecule has 2 heterocycles. The Kier molecular flexibility index (Phi) is 5.41. The van der Waals surface area contributed by atoms with E-state index < -0.39 is 0 Å². The van der Waals surface area contributed by atoms with Gasteiger partial charge < -0.3 is 10.6 Å². The van der Waals surface area contributed by atoms with E-state index in [1.807, 2.05) is 43.9 Å². The predicted octanol–water partition coefficient (Wildman–Crippen LogP) is 3.84. The van der Waals surface area contributed by atoms with E-state index in [1.54, 1.807) is 30.3 Å². The lowest BCUT2D eigenvalue weighted by Gasteiger charge is -2.15. The van der Waals surface area contributed by atoms with Crippen LogP contribution in [0.25, 0.3) is 0 Å². The number of amides is 2. The standard InChI is InChI=1S/C20H22N4O2S/c1-12(18-13(2)23-24(4)14(18)3)21-19(25)15-7-9-16(10-8-15)22-20(26)17-6-5-11-27-17/h5-12H,1-4H3,(H,21,25)(H,22,26). The number of carbonyl (C=O) groups excluding carboxylic acids is 2. The molecule has 2 N–H and O–H groups in total. The average Bonchev–Trinajstić information content (AvgIpc) is 3.24. The summed E-state index contributed by atoms with van der Waals surface area (Å²) in [6.07, 6.45) is 0. The van der Waals surface area contributed by atoms with Crippen LogP contribution >= 0.6 is 11.3 Å². The number of hydrogen-bond acceptors (Lipinski definition) is 4. The van der Waals surface area contributed by atoms with Crippen molar-refractivity contribution in [1.82, 2.24) is 15.1 Å². The molecule has 0 aliphatic carbocycles. The highest BCUT2D eigenvalue weighted by atomic mass is 32.1. The van der Waals surface area contributed by atoms with E-state index in [9.17, 15) is 9.59 Å². The first-order valence-electron chi connectivity index (χ1n) is 8.62. The summed E-state index contributed by atoms with van der Waals surface area (Å²) in [5.74, 6) is -0.320. The first-order valence-corrected chi connectivity index (χ1v) is 9.50. The smallest absolute Gasteiger partial charge is 0.265 e. The summed E-state index contributed by atoms with van der Waals surface area (Å²) in [5.41, 5.74) is 4.17. The van der Waals surface area contributed by atoms with E-state index in [1.165, 1.54) is 11.3 Å². The summed E-state index contributed by atoms with van der Waals surface area (Å²) in [7, 11) is 1.89. The third-order valence-electron chi connectivity index (χ3n) is 4.50. The van der Waals surface area contributed by atoms with Crippen LogP contribution in [0.2, 0.25) is 0 Å². The Morgan fingerprint density at radius 3 is 2.37 bits per heavy atom. The van der Waals surface area contributed by atoms with Gasteiger partial charge in [0.2, 0.25) is 0 Å². The molecular formula is C20H22N4O2S. The van der Waals surface area contributed by atoms with Gasteiger partial charge in [-0.3, -0.25) is 14.3 Å². The minimum Gasteiger partial charge on any atom is -0.345 e. The molecule has 1 atom stereocenters. The highest BCUT2D eigenvalue weighted by Crippen LogP contribution is 2.21. The highest BCUT2D eigenvalue weighted by molar-refractivity contribution is 7.12. The van der Waals surface area contributed by atoms with Crippen LogP contribution in [0.3, 0.4) is 0 Å². The zero-order valence-corrected chi connectivity index (χ0v) is 16.6. The number of aromatic nitrogens is 2. The van der Waals surface area contributed by atoms with Crippen LogP contribution in [-0.4, -0.2) is 21.6 Å². The summed E-state index contributed by atoms with van der Waals surface area (Å²) in [4.78, 5) is 25.3. The van der Waals surface area contributed by atoms with Crippen molar-refractivity contribution in [2.75, 3.05) is 5.32 Å². The van der Waals surface area contributed by atoms with Gasteiger partial charge in [-0.15, -0.1) is 11.3 Å². The Morgan fingerprint density at radius 1 is 1.11 bits per heavy atom. The van der Waals surface area contributed by atoms with Crippen molar-refractivity contribution < 1.29 is 9.59 Å². The second-order valence-electron chi connectivity index (χ2n) is 6.41. The molecule has 2 amide bonds. The zero-order valence-electron chi connectivity index (χ0n) is 15.7. The largest absolute Gasteiger partial charge is 0.345 e. The summed E-state index contributed by atoms with van der Waals surface area (Å²) >= 11 is 1.38. The molecule has 0 aliphatic heterocycles. The fraction of sp³-hybridized carbons (Fsp3) is 0.250. The number of anilines is 1. The van der Waals surface area contributed by atoms with Gasteiger partial charge in [-0.05, 0) is 56.5 Å². The minimum atomic E-state index is -0.165. The summed E-state index contributed by atoms with van der Waals surface area (Å²) in [6, 6.07) is 10.3. The van der Waals surface area contributed by atoms with Gasteiger partial charge in [-0.2, -0.15) is 5.10 Å². The van der Waals surface area contributed by atoms with Gasteiger partial charge in [0.1, 0.15) is 0 Å². The van der Waals surface area contributed by atoms with Crippen molar-refractivity contribution in [3.05, 3.63) is 69.2 Å². The van der Waals surface area contributed by atoms with Crippen molar-refractivity contribution in [3.63, 3.8) is 0 Å². The molecule has 0 saturated carbocycles. The van der Waals surface area contributed by atoms with Gasteiger partial charge in [-0.25, -0.2) is 0 Å². The van der Waals surface area contributed by atoms with Crippen LogP contribution in [0, 0.1) is 13.8 Å². The molecule has 7 heteroatoms. The first-order chi connectivity index (χ1) is 12.9. The molecular weight excluding hydrogens is 360 g/mol. The molecule has 0 radical (unpaired) electrons. The van der Waals surface area contributed by atoms with Crippen molar-refractivity contribution in [2.45, 2.75) is 26.8 Å². The first kappa shape index (κ1) is 18.8. The number of hydrogen-bond donors (Lipinski definition) is 2. The van der Waals surface area contributed by atoms with Crippen LogP contribution in [0.15, 0.2) is 41.8 Å². The van der Waals surface area contributed by atoms with Crippen molar-refractivity contribution >= 4 is 28.8 Å². The molecule has 3 aromatic rings. The van der Waals surface area contributed by atoms with Gasteiger partial charge in [0, 0.05) is 29.6 Å².